The lowest BCUT2D eigenvalue weighted by atomic mass is 9.96. The maximum atomic E-state index is 13.3. The van der Waals surface area contributed by atoms with E-state index in [1.54, 1.807) is 50.4 Å². The molecule has 0 saturated heterocycles. The van der Waals surface area contributed by atoms with E-state index in [2.05, 4.69) is 5.10 Å². The number of carbonyl (C=O) groups excluding carboxylic acids is 1. The number of carbonyl (C=O) groups is 2. The summed E-state index contributed by atoms with van der Waals surface area (Å²) < 4.78 is 6.59. The SMILES string of the molecule is Cc1nn(C)c(C(OC(=O)O)c2ccccc2)c1C(=O)c1ccc(Cl)cc1Cl. The maximum absolute atomic E-state index is 13.3. The zero-order valence-corrected chi connectivity index (χ0v) is 16.5. The molecule has 6 nitrogen and oxygen atoms in total. The molecule has 28 heavy (non-hydrogen) atoms. The fraction of sp³-hybridized carbons (Fsp3) is 0.150. The predicted octanol–water partition coefficient (Wildman–Crippen LogP) is 5.05. The van der Waals surface area contributed by atoms with Crippen LogP contribution in [0.5, 0.6) is 0 Å². The highest BCUT2D eigenvalue weighted by Gasteiger charge is 2.31. The summed E-state index contributed by atoms with van der Waals surface area (Å²) >= 11 is 12.1. The third-order valence-electron chi connectivity index (χ3n) is 4.24. The molecule has 0 saturated carbocycles. The van der Waals surface area contributed by atoms with E-state index in [9.17, 15) is 14.7 Å². The summed E-state index contributed by atoms with van der Waals surface area (Å²) in [5.74, 6) is -0.391. The number of aromatic nitrogens is 2. The lowest BCUT2D eigenvalue weighted by Gasteiger charge is -2.18. The minimum absolute atomic E-state index is 0.196. The van der Waals surface area contributed by atoms with Crippen molar-refractivity contribution in [2.75, 3.05) is 0 Å². The predicted molar refractivity (Wildman–Crippen MR) is 105 cm³/mol. The van der Waals surface area contributed by atoms with E-state index >= 15 is 0 Å². The average Bonchev–Trinajstić information content (AvgIpc) is 2.93. The first-order valence-electron chi connectivity index (χ1n) is 8.27. The van der Waals surface area contributed by atoms with Gasteiger partial charge in [0, 0.05) is 17.6 Å². The summed E-state index contributed by atoms with van der Waals surface area (Å²) in [5.41, 5.74) is 1.81. The Bertz CT molecular complexity index is 1050. The molecule has 0 fully saturated rings. The van der Waals surface area contributed by atoms with Crippen LogP contribution in [-0.2, 0) is 11.8 Å². The van der Waals surface area contributed by atoms with Crippen molar-refractivity contribution in [2.24, 2.45) is 7.05 Å². The van der Waals surface area contributed by atoms with Crippen LogP contribution in [0.4, 0.5) is 4.79 Å². The Hall–Kier alpha value is -2.83. The Balaban J connectivity index is 2.19. The number of benzene rings is 2. The zero-order chi connectivity index (χ0) is 20.4. The van der Waals surface area contributed by atoms with Crippen molar-refractivity contribution in [3.63, 3.8) is 0 Å². The second-order valence-corrected chi connectivity index (χ2v) is 6.94. The molecule has 2 aromatic carbocycles. The molecule has 0 aliphatic heterocycles. The highest BCUT2D eigenvalue weighted by molar-refractivity contribution is 6.37. The van der Waals surface area contributed by atoms with Gasteiger partial charge in [-0.1, -0.05) is 53.5 Å². The first-order chi connectivity index (χ1) is 13.3. The van der Waals surface area contributed by atoms with Gasteiger partial charge in [0.1, 0.15) is 0 Å². The van der Waals surface area contributed by atoms with Gasteiger partial charge in [-0.05, 0) is 30.7 Å². The highest BCUT2D eigenvalue weighted by Crippen LogP contribution is 2.33. The molecule has 0 radical (unpaired) electrons. The second-order valence-electron chi connectivity index (χ2n) is 6.10. The van der Waals surface area contributed by atoms with Gasteiger partial charge in [0.05, 0.1) is 22.0 Å². The van der Waals surface area contributed by atoms with Crippen molar-refractivity contribution in [1.82, 2.24) is 9.78 Å². The summed E-state index contributed by atoms with van der Waals surface area (Å²) in [5, 5.41) is 14.2. The van der Waals surface area contributed by atoms with Crippen molar-refractivity contribution in [2.45, 2.75) is 13.0 Å². The Morgan fingerprint density at radius 1 is 1.14 bits per heavy atom. The molecule has 1 aromatic heterocycles. The van der Waals surface area contributed by atoms with Gasteiger partial charge in [0.15, 0.2) is 11.9 Å². The van der Waals surface area contributed by atoms with Gasteiger partial charge in [-0.25, -0.2) is 4.79 Å². The molecule has 1 atom stereocenters. The van der Waals surface area contributed by atoms with Crippen LogP contribution in [0, 0.1) is 6.92 Å². The number of hydrogen-bond donors (Lipinski definition) is 1. The lowest BCUT2D eigenvalue weighted by Crippen LogP contribution is -2.18. The second kappa shape index (κ2) is 8.04. The molecule has 0 aliphatic carbocycles. The summed E-state index contributed by atoms with van der Waals surface area (Å²) in [6, 6.07) is 13.3. The average molecular weight is 419 g/mol. The summed E-state index contributed by atoms with van der Waals surface area (Å²) in [6.45, 7) is 1.67. The first kappa shape index (κ1) is 19.9. The van der Waals surface area contributed by atoms with Crippen molar-refractivity contribution in [3.05, 3.63) is 86.7 Å². The standard InChI is InChI=1S/C20H16Cl2N2O4/c1-11-16(18(25)14-9-8-13(21)10-15(14)22)17(24(2)23-11)19(28-20(26)27)12-6-4-3-5-7-12/h3-10,19H,1-2H3,(H,26,27). The van der Waals surface area contributed by atoms with Crippen LogP contribution < -0.4 is 0 Å². The van der Waals surface area contributed by atoms with Crippen LogP contribution in [0.1, 0.15) is 39.0 Å². The number of halogens is 2. The van der Waals surface area contributed by atoms with E-state index in [0.29, 0.717) is 22.0 Å². The summed E-state index contributed by atoms with van der Waals surface area (Å²) in [6.07, 6.45) is -2.49. The quantitative estimate of drug-likeness (QED) is 0.462. The minimum Gasteiger partial charge on any atom is -0.450 e. The molecule has 0 bridgehead atoms. The monoisotopic (exact) mass is 418 g/mol. The van der Waals surface area contributed by atoms with E-state index in [0.717, 1.165) is 0 Å². The fourth-order valence-electron chi connectivity index (χ4n) is 3.08. The molecule has 0 aliphatic rings. The van der Waals surface area contributed by atoms with Crippen LogP contribution in [0.15, 0.2) is 48.5 Å². The molecule has 8 heteroatoms. The Kier molecular flexibility index (Phi) is 5.72. The van der Waals surface area contributed by atoms with Gasteiger partial charge >= 0.3 is 6.16 Å². The normalized spacial score (nSPS) is 11.9. The zero-order valence-electron chi connectivity index (χ0n) is 15.0. The van der Waals surface area contributed by atoms with Gasteiger partial charge in [-0.15, -0.1) is 0 Å². The van der Waals surface area contributed by atoms with Crippen LogP contribution in [0.2, 0.25) is 10.0 Å². The van der Waals surface area contributed by atoms with E-state index in [-0.39, 0.29) is 16.1 Å². The topological polar surface area (TPSA) is 81.4 Å². The highest BCUT2D eigenvalue weighted by atomic mass is 35.5. The Morgan fingerprint density at radius 2 is 1.82 bits per heavy atom. The molecule has 3 rings (SSSR count). The van der Waals surface area contributed by atoms with Crippen molar-refractivity contribution >= 4 is 35.1 Å². The number of hydrogen-bond acceptors (Lipinski definition) is 4. The third kappa shape index (κ3) is 3.88. The Labute approximate surface area is 171 Å². The maximum Gasteiger partial charge on any atom is 0.506 e. The molecular weight excluding hydrogens is 403 g/mol. The van der Waals surface area contributed by atoms with E-state index in [1.165, 1.54) is 16.8 Å². The first-order valence-corrected chi connectivity index (χ1v) is 9.03. The van der Waals surface area contributed by atoms with E-state index in [1.807, 2.05) is 0 Å². The molecule has 0 spiro atoms. The molecule has 1 N–H and O–H groups in total. The van der Waals surface area contributed by atoms with Gasteiger partial charge in [0.2, 0.25) is 0 Å². The number of rotatable bonds is 5. The van der Waals surface area contributed by atoms with E-state index in [4.69, 9.17) is 27.9 Å². The summed E-state index contributed by atoms with van der Waals surface area (Å²) in [4.78, 5) is 24.6. The van der Waals surface area contributed by atoms with Crippen molar-refractivity contribution < 1.29 is 19.4 Å². The number of carboxylic acid groups (broad SMARTS) is 1. The minimum atomic E-state index is -1.46. The summed E-state index contributed by atoms with van der Waals surface area (Å²) in [7, 11) is 1.63. The number of ether oxygens (including phenoxy) is 1. The van der Waals surface area contributed by atoms with Crippen LogP contribution in [0.3, 0.4) is 0 Å². The van der Waals surface area contributed by atoms with Crippen molar-refractivity contribution in [1.29, 1.82) is 0 Å². The molecular formula is C20H16Cl2N2O4. The molecule has 144 valence electrons. The van der Waals surface area contributed by atoms with Crippen LogP contribution in [0.25, 0.3) is 0 Å². The fourth-order valence-corrected chi connectivity index (χ4v) is 3.57. The number of aryl methyl sites for hydroxylation is 2. The number of nitrogens with zero attached hydrogens (tertiary/aromatic N) is 2. The smallest absolute Gasteiger partial charge is 0.450 e. The lowest BCUT2D eigenvalue weighted by molar-refractivity contribution is 0.0628. The van der Waals surface area contributed by atoms with Crippen molar-refractivity contribution in [3.8, 4) is 0 Å². The molecule has 3 aromatic rings. The van der Waals surface area contributed by atoms with Gasteiger partial charge in [-0.3, -0.25) is 9.48 Å². The van der Waals surface area contributed by atoms with Crippen LogP contribution >= 0.6 is 23.2 Å². The van der Waals surface area contributed by atoms with Gasteiger partial charge < -0.3 is 9.84 Å². The van der Waals surface area contributed by atoms with Crippen LogP contribution in [-0.4, -0.2) is 26.8 Å². The van der Waals surface area contributed by atoms with Gasteiger partial charge in [-0.2, -0.15) is 5.10 Å². The molecule has 1 unspecified atom stereocenters. The molecule has 1 heterocycles. The van der Waals surface area contributed by atoms with Gasteiger partial charge in [0.25, 0.3) is 0 Å². The Morgan fingerprint density at radius 3 is 2.43 bits per heavy atom. The number of ketones is 1. The largest absolute Gasteiger partial charge is 0.506 e. The third-order valence-corrected chi connectivity index (χ3v) is 4.79. The van der Waals surface area contributed by atoms with E-state index < -0.39 is 18.0 Å². The molecule has 0 amide bonds.